The van der Waals surface area contributed by atoms with Crippen molar-refractivity contribution in [1.29, 1.82) is 0 Å². The minimum atomic E-state index is -0.192. The number of anilines is 6. The van der Waals surface area contributed by atoms with Gasteiger partial charge in [0.2, 0.25) is 0 Å². The summed E-state index contributed by atoms with van der Waals surface area (Å²) in [6.45, 7) is 0. The van der Waals surface area contributed by atoms with E-state index in [-0.39, 0.29) is 5.41 Å². The Labute approximate surface area is 363 Å². The number of aromatic nitrogens is 1. The molecule has 0 N–H and O–H groups in total. The zero-order chi connectivity index (χ0) is 41.0. The second kappa shape index (κ2) is 14.8. The highest BCUT2D eigenvalue weighted by molar-refractivity contribution is 6.10. The predicted octanol–water partition coefficient (Wildman–Crippen LogP) is 15.6. The largest absolute Gasteiger partial charge is 0.310 e. The Morgan fingerprint density at radius 1 is 0.371 bits per heavy atom. The summed E-state index contributed by atoms with van der Waals surface area (Å²) in [6, 6.07) is 82.6. The number of fused-ring (bicyclic) bond motifs is 7. The molecule has 0 fully saturated rings. The lowest BCUT2D eigenvalue weighted by molar-refractivity contribution is 0.508. The van der Waals surface area contributed by atoms with Crippen molar-refractivity contribution in [3.63, 3.8) is 0 Å². The Morgan fingerprint density at radius 3 is 1.56 bits per heavy atom. The molecule has 3 heteroatoms. The van der Waals surface area contributed by atoms with Crippen molar-refractivity contribution in [2.75, 3.05) is 9.80 Å². The summed E-state index contributed by atoms with van der Waals surface area (Å²) in [6.07, 6.45) is 4.20. The highest BCUT2D eigenvalue weighted by atomic mass is 15.2. The lowest BCUT2D eigenvalue weighted by atomic mass is 9.74. The molecule has 12 rings (SSSR count). The summed E-state index contributed by atoms with van der Waals surface area (Å²) in [5.41, 5.74) is 18.8. The van der Waals surface area contributed by atoms with Crippen molar-refractivity contribution < 1.29 is 0 Å². The number of rotatable bonds is 8. The predicted molar refractivity (Wildman–Crippen MR) is 259 cm³/mol. The van der Waals surface area contributed by atoms with Crippen LogP contribution in [0.3, 0.4) is 0 Å². The van der Waals surface area contributed by atoms with Crippen LogP contribution in [0.2, 0.25) is 0 Å². The van der Waals surface area contributed by atoms with Crippen LogP contribution >= 0.6 is 0 Å². The third kappa shape index (κ3) is 5.73. The zero-order valence-electron chi connectivity index (χ0n) is 34.5. The molecular weight excluding hydrogens is 751 g/mol. The summed E-state index contributed by atoms with van der Waals surface area (Å²) < 4.78 is 2.43. The van der Waals surface area contributed by atoms with Crippen molar-refractivity contribution >= 4 is 55.9 Å². The summed E-state index contributed by atoms with van der Waals surface area (Å²) >= 11 is 0. The van der Waals surface area contributed by atoms with Crippen LogP contribution in [0.1, 0.15) is 35.1 Å². The zero-order valence-corrected chi connectivity index (χ0v) is 34.5. The lowest BCUT2D eigenvalue weighted by Crippen LogP contribution is -2.27. The van der Waals surface area contributed by atoms with E-state index in [0.29, 0.717) is 0 Å². The molecule has 9 aromatic carbocycles. The Balaban J connectivity index is 1.09. The highest BCUT2D eigenvalue weighted by Gasteiger charge is 2.49. The molecule has 1 atom stereocenters. The third-order valence-electron chi connectivity index (χ3n) is 13.5. The summed E-state index contributed by atoms with van der Waals surface area (Å²) in [5, 5.41) is 2.51. The molecule has 10 aromatic rings. The molecule has 2 aliphatic carbocycles. The van der Waals surface area contributed by atoms with E-state index in [1.54, 1.807) is 0 Å². The Bertz CT molecular complexity index is 3240. The Morgan fingerprint density at radius 2 is 0.887 bits per heavy atom. The van der Waals surface area contributed by atoms with Gasteiger partial charge in [0, 0.05) is 44.5 Å². The van der Waals surface area contributed by atoms with Gasteiger partial charge in [0.15, 0.2) is 0 Å². The van der Waals surface area contributed by atoms with E-state index in [4.69, 9.17) is 0 Å². The minimum absolute atomic E-state index is 0.192. The first-order chi connectivity index (χ1) is 30.8. The standard InChI is InChI=1S/C59H45N3/c1-5-19-42(20-6-1)49-29-13-15-31-52(49)61(46-25-9-3-10-26-46)55-34-18-22-44-38-40-59(58(44)55)39-37-43-21-17-33-54(57(43)59)60(45-23-7-2-8-24-45)48-35-36-51-50-30-14-16-32-53(50)62(56(51)41-48)47-27-11-4-12-28-47/h1-36,41H,37-40H2/t59-/m1/s1. The van der Waals surface area contributed by atoms with Gasteiger partial charge in [-0.2, -0.15) is 0 Å². The van der Waals surface area contributed by atoms with Gasteiger partial charge in [0.25, 0.3) is 0 Å². The van der Waals surface area contributed by atoms with E-state index in [9.17, 15) is 0 Å². The summed E-state index contributed by atoms with van der Waals surface area (Å²) in [4.78, 5) is 5.08. The fourth-order valence-electron chi connectivity index (χ4n) is 11.0. The first kappa shape index (κ1) is 36.2. The average molecular weight is 796 g/mol. The average Bonchev–Trinajstić information content (AvgIpc) is 4.03. The van der Waals surface area contributed by atoms with E-state index >= 15 is 0 Å². The third-order valence-corrected chi connectivity index (χ3v) is 13.5. The Kier molecular flexibility index (Phi) is 8.67. The number of benzene rings is 9. The van der Waals surface area contributed by atoms with Gasteiger partial charge >= 0.3 is 0 Å². The molecule has 1 heterocycles. The van der Waals surface area contributed by atoms with Crippen molar-refractivity contribution in [2.45, 2.75) is 31.1 Å². The first-order valence-electron chi connectivity index (χ1n) is 22.0. The molecule has 3 nitrogen and oxygen atoms in total. The molecule has 0 bridgehead atoms. The summed E-state index contributed by atoms with van der Waals surface area (Å²) in [5.74, 6) is 0. The maximum atomic E-state index is 2.54. The van der Waals surface area contributed by atoms with Crippen LogP contribution in [-0.4, -0.2) is 4.57 Å². The van der Waals surface area contributed by atoms with E-state index in [2.05, 4.69) is 239 Å². The lowest BCUT2D eigenvalue weighted by Gasteiger charge is -2.37. The molecule has 296 valence electrons. The van der Waals surface area contributed by atoms with Gasteiger partial charge in [0.1, 0.15) is 0 Å². The maximum absolute atomic E-state index is 2.54. The fraction of sp³-hybridized carbons (Fsp3) is 0.0847. The van der Waals surface area contributed by atoms with E-state index in [1.165, 1.54) is 72.2 Å². The van der Waals surface area contributed by atoms with Crippen molar-refractivity contribution in [2.24, 2.45) is 0 Å². The summed E-state index contributed by atoms with van der Waals surface area (Å²) in [7, 11) is 0. The fourth-order valence-corrected chi connectivity index (χ4v) is 11.0. The molecule has 0 radical (unpaired) electrons. The second-order valence-corrected chi connectivity index (χ2v) is 16.8. The van der Waals surface area contributed by atoms with Gasteiger partial charge in [-0.3, -0.25) is 0 Å². The van der Waals surface area contributed by atoms with Crippen LogP contribution in [0.4, 0.5) is 34.1 Å². The monoisotopic (exact) mass is 795 g/mol. The molecule has 0 unspecified atom stereocenters. The molecule has 62 heavy (non-hydrogen) atoms. The van der Waals surface area contributed by atoms with Crippen LogP contribution < -0.4 is 9.80 Å². The Hall–Kier alpha value is -7.62. The molecule has 0 amide bonds. The number of para-hydroxylation sites is 5. The van der Waals surface area contributed by atoms with Crippen LogP contribution in [0, 0.1) is 0 Å². The van der Waals surface area contributed by atoms with Gasteiger partial charge in [-0.05, 0) is 126 Å². The topological polar surface area (TPSA) is 11.4 Å². The van der Waals surface area contributed by atoms with Gasteiger partial charge < -0.3 is 14.4 Å². The number of aryl methyl sites for hydroxylation is 2. The quantitative estimate of drug-likeness (QED) is 0.152. The second-order valence-electron chi connectivity index (χ2n) is 16.8. The van der Waals surface area contributed by atoms with Gasteiger partial charge in [-0.1, -0.05) is 152 Å². The normalized spacial score (nSPS) is 15.2. The minimum Gasteiger partial charge on any atom is -0.310 e. The van der Waals surface area contributed by atoms with E-state index in [0.717, 1.165) is 48.4 Å². The molecule has 1 aromatic heterocycles. The van der Waals surface area contributed by atoms with Crippen molar-refractivity contribution in [1.82, 2.24) is 4.57 Å². The molecule has 2 aliphatic rings. The SMILES string of the molecule is c1ccc(-c2ccccc2N(c2ccccc2)c2cccc3c2[C@]2(CCc4cccc(N(c5ccccc5)c5ccc6c7ccccc7n(-c7ccccc7)c6c5)c42)CC3)cc1. The van der Waals surface area contributed by atoms with Crippen LogP contribution in [-0.2, 0) is 18.3 Å². The van der Waals surface area contributed by atoms with Gasteiger partial charge in [-0.25, -0.2) is 0 Å². The van der Waals surface area contributed by atoms with Crippen LogP contribution in [0.5, 0.6) is 0 Å². The molecule has 0 aliphatic heterocycles. The van der Waals surface area contributed by atoms with Crippen molar-refractivity contribution in [3.05, 3.63) is 247 Å². The van der Waals surface area contributed by atoms with E-state index in [1.807, 2.05) is 0 Å². The number of hydrogen-bond acceptors (Lipinski definition) is 2. The van der Waals surface area contributed by atoms with Gasteiger partial charge in [0.05, 0.1) is 28.1 Å². The highest BCUT2D eigenvalue weighted by Crippen LogP contribution is 2.60. The van der Waals surface area contributed by atoms with Gasteiger partial charge in [-0.15, -0.1) is 0 Å². The van der Waals surface area contributed by atoms with E-state index < -0.39 is 0 Å². The smallest absolute Gasteiger partial charge is 0.0561 e. The number of hydrogen-bond donors (Lipinski definition) is 0. The molecule has 0 saturated carbocycles. The van der Waals surface area contributed by atoms with Crippen LogP contribution in [0.15, 0.2) is 224 Å². The van der Waals surface area contributed by atoms with Crippen molar-refractivity contribution in [3.8, 4) is 16.8 Å². The molecule has 0 saturated heterocycles. The maximum Gasteiger partial charge on any atom is 0.0561 e. The number of nitrogens with zero attached hydrogens (tertiary/aromatic N) is 3. The molecule has 1 spiro atoms. The van der Waals surface area contributed by atoms with Crippen LogP contribution in [0.25, 0.3) is 38.6 Å². The first-order valence-corrected chi connectivity index (χ1v) is 22.0. The molecular formula is C59H45N3.